The molecule has 0 bridgehead atoms. The zero-order valence-electron chi connectivity index (χ0n) is 11.6. The normalized spacial score (nSPS) is 10.7. The number of nitro groups is 1. The van der Waals surface area contributed by atoms with Crippen molar-refractivity contribution in [2.45, 2.75) is 32.6 Å². The average molecular weight is 277 g/mol. The Hall–Kier alpha value is -2.17. The number of ether oxygens (including phenoxy) is 1. The van der Waals surface area contributed by atoms with Crippen molar-refractivity contribution < 1.29 is 14.5 Å². The molecule has 0 heterocycles. The quantitative estimate of drug-likeness (QED) is 0.314. The van der Waals surface area contributed by atoms with Gasteiger partial charge in [-0.15, -0.1) is 0 Å². The lowest BCUT2D eigenvalue weighted by atomic mass is 10.1. The minimum absolute atomic E-state index is 0.0921. The van der Waals surface area contributed by atoms with Crippen molar-refractivity contribution in [3.63, 3.8) is 0 Å². The molecule has 1 aromatic carbocycles. The predicted octanol–water partition coefficient (Wildman–Crippen LogP) is 3.73. The molecule has 0 aliphatic rings. The lowest BCUT2D eigenvalue weighted by molar-refractivity contribution is -0.384. The summed E-state index contributed by atoms with van der Waals surface area (Å²) in [6.45, 7) is 2.21. The highest BCUT2D eigenvalue weighted by Gasteiger charge is 2.03. The van der Waals surface area contributed by atoms with Crippen LogP contribution in [0.4, 0.5) is 5.69 Å². The summed E-state index contributed by atoms with van der Waals surface area (Å²) in [4.78, 5) is 21.3. The molecule has 0 aliphatic carbocycles. The first kappa shape index (κ1) is 15.9. The lowest BCUT2D eigenvalue weighted by Crippen LogP contribution is -2.02. The van der Waals surface area contributed by atoms with Gasteiger partial charge in [0.1, 0.15) is 0 Å². The Labute approximate surface area is 118 Å². The number of nitro benzene ring substituents is 1. The third kappa shape index (κ3) is 6.13. The van der Waals surface area contributed by atoms with E-state index in [0.717, 1.165) is 24.8 Å². The molecule has 0 N–H and O–H groups in total. The van der Waals surface area contributed by atoms with Gasteiger partial charge in [-0.05, 0) is 31.7 Å². The van der Waals surface area contributed by atoms with Gasteiger partial charge in [-0.2, -0.15) is 0 Å². The van der Waals surface area contributed by atoms with E-state index in [9.17, 15) is 14.9 Å². The van der Waals surface area contributed by atoms with E-state index in [1.54, 1.807) is 13.0 Å². The van der Waals surface area contributed by atoms with Crippen molar-refractivity contribution in [3.8, 4) is 0 Å². The molecular formula is C15H19NO4. The maximum atomic E-state index is 11.1. The highest BCUT2D eigenvalue weighted by atomic mass is 16.6. The average Bonchev–Trinajstić information content (AvgIpc) is 2.43. The Kier molecular flexibility index (Phi) is 7.03. The van der Waals surface area contributed by atoms with Crippen LogP contribution < -0.4 is 0 Å². The van der Waals surface area contributed by atoms with Crippen molar-refractivity contribution in [3.05, 3.63) is 46.0 Å². The van der Waals surface area contributed by atoms with Crippen molar-refractivity contribution >= 4 is 17.7 Å². The van der Waals surface area contributed by atoms with Crippen LogP contribution in [0.3, 0.4) is 0 Å². The molecule has 1 aromatic rings. The molecular weight excluding hydrogens is 258 g/mol. The van der Waals surface area contributed by atoms with Gasteiger partial charge in [-0.1, -0.05) is 24.3 Å². The summed E-state index contributed by atoms with van der Waals surface area (Å²) in [6.07, 6.45) is 6.78. The first-order valence-electron chi connectivity index (χ1n) is 6.70. The molecule has 0 spiro atoms. The second-order valence-corrected chi connectivity index (χ2v) is 4.31. The largest absolute Gasteiger partial charge is 0.466 e. The van der Waals surface area contributed by atoms with E-state index in [0.29, 0.717) is 13.0 Å². The highest BCUT2D eigenvalue weighted by molar-refractivity contribution is 5.69. The number of unbranched alkanes of at least 4 members (excludes halogenated alkanes) is 2. The van der Waals surface area contributed by atoms with Crippen LogP contribution in [0.1, 0.15) is 38.2 Å². The number of carbonyl (C=O) groups is 1. The molecule has 0 radical (unpaired) electrons. The zero-order chi connectivity index (χ0) is 14.8. The summed E-state index contributed by atoms with van der Waals surface area (Å²) in [5, 5.41) is 10.6. The summed E-state index contributed by atoms with van der Waals surface area (Å²) in [6, 6.07) is 6.49. The van der Waals surface area contributed by atoms with Gasteiger partial charge in [0.05, 0.1) is 11.5 Å². The molecule has 0 unspecified atom stereocenters. The number of esters is 1. The monoisotopic (exact) mass is 277 g/mol. The standard InChI is InChI=1S/C15H19NO4/c1-2-20-15(17)11-6-4-3-5-8-13-9-7-10-14(12-13)16(18)19/h5,7-10,12H,2-4,6,11H2,1H3/b8-5+. The lowest BCUT2D eigenvalue weighted by Gasteiger charge is -2.00. The number of allylic oxidation sites excluding steroid dienone is 1. The predicted molar refractivity (Wildman–Crippen MR) is 77.2 cm³/mol. The SMILES string of the molecule is CCOC(=O)CCCC/C=C/c1cccc([N+](=O)[O-])c1. The topological polar surface area (TPSA) is 69.4 Å². The van der Waals surface area contributed by atoms with Crippen LogP contribution in [0.15, 0.2) is 30.3 Å². The Bertz CT molecular complexity index is 483. The number of benzene rings is 1. The van der Waals surface area contributed by atoms with Gasteiger partial charge in [0.25, 0.3) is 5.69 Å². The first-order valence-corrected chi connectivity index (χ1v) is 6.70. The maximum absolute atomic E-state index is 11.1. The van der Waals surface area contributed by atoms with Crippen LogP contribution in [0.25, 0.3) is 6.08 Å². The van der Waals surface area contributed by atoms with E-state index in [1.165, 1.54) is 12.1 Å². The summed E-state index contributed by atoms with van der Waals surface area (Å²) in [7, 11) is 0. The van der Waals surface area contributed by atoms with Crippen LogP contribution in [0, 0.1) is 10.1 Å². The number of carbonyl (C=O) groups excluding carboxylic acids is 1. The van der Waals surface area contributed by atoms with Crippen molar-refractivity contribution in [2.24, 2.45) is 0 Å². The molecule has 0 atom stereocenters. The second-order valence-electron chi connectivity index (χ2n) is 4.31. The van der Waals surface area contributed by atoms with Gasteiger partial charge in [0.2, 0.25) is 0 Å². The third-order valence-corrected chi connectivity index (χ3v) is 2.70. The second kappa shape index (κ2) is 8.85. The van der Waals surface area contributed by atoms with Gasteiger partial charge in [-0.25, -0.2) is 0 Å². The highest BCUT2D eigenvalue weighted by Crippen LogP contribution is 2.14. The minimum atomic E-state index is -0.406. The van der Waals surface area contributed by atoms with Crippen LogP contribution in [0.5, 0.6) is 0 Å². The van der Waals surface area contributed by atoms with Crippen molar-refractivity contribution in [2.75, 3.05) is 6.61 Å². The van der Waals surface area contributed by atoms with Gasteiger partial charge in [-0.3, -0.25) is 14.9 Å². The fourth-order valence-corrected chi connectivity index (χ4v) is 1.73. The molecule has 108 valence electrons. The van der Waals surface area contributed by atoms with Gasteiger partial charge >= 0.3 is 5.97 Å². The number of hydrogen-bond donors (Lipinski definition) is 0. The van der Waals surface area contributed by atoms with Crippen molar-refractivity contribution in [1.29, 1.82) is 0 Å². The molecule has 1 rings (SSSR count). The molecule has 0 aromatic heterocycles. The molecule has 0 aliphatic heterocycles. The summed E-state index contributed by atoms with van der Waals surface area (Å²) < 4.78 is 4.83. The van der Waals surface area contributed by atoms with Crippen molar-refractivity contribution in [1.82, 2.24) is 0 Å². The summed E-state index contributed by atoms with van der Waals surface area (Å²) >= 11 is 0. The van der Waals surface area contributed by atoms with Gasteiger partial charge < -0.3 is 4.74 Å². The summed E-state index contributed by atoms with van der Waals surface area (Å²) in [5.74, 6) is -0.157. The molecule has 0 amide bonds. The molecule has 5 heteroatoms. The van der Waals surface area contributed by atoms with Crippen LogP contribution in [-0.4, -0.2) is 17.5 Å². The summed E-state index contributed by atoms with van der Waals surface area (Å²) in [5.41, 5.74) is 0.902. The Balaban J connectivity index is 2.29. The van der Waals surface area contributed by atoms with Crippen LogP contribution >= 0.6 is 0 Å². The minimum Gasteiger partial charge on any atom is -0.466 e. The van der Waals surface area contributed by atoms with E-state index >= 15 is 0 Å². The van der Waals surface area contributed by atoms with E-state index in [-0.39, 0.29) is 11.7 Å². The molecule has 20 heavy (non-hydrogen) atoms. The number of rotatable bonds is 8. The van der Waals surface area contributed by atoms with Crippen LogP contribution in [-0.2, 0) is 9.53 Å². The maximum Gasteiger partial charge on any atom is 0.305 e. The molecule has 0 saturated heterocycles. The van der Waals surface area contributed by atoms with Gasteiger partial charge in [0.15, 0.2) is 0 Å². The van der Waals surface area contributed by atoms with E-state index in [4.69, 9.17) is 4.74 Å². The van der Waals surface area contributed by atoms with Gasteiger partial charge in [0, 0.05) is 18.6 Å². The zero-order valence-corrected chi connectivity index (χ0v) is 11.6. The van der Waals surface area contributed by atoms with E-state index in [1.807, 2.05) is 18.2 Å². The number of hydrogen-bond acceptors (Lipinski definition) is 4. The Morgan fingerprint density at radius 1 is 1.40 bits per heavy atom. The molecule has 0 saturated carbocycles. The third-order valence-electron chi connectivity index (χ3n) is 2.70. The van der Waals surface area contributed by atoms with E-state index < -0.39 is 4.92 Å². The van der Waals surface area contributed by atoms with Crippen LogP contribution in [0.2, 0.25) is 0 Å². The fourth-order valence-electron chi connectivity index (χ4n) is 1.73. The number of non-ortho nitro benzene ring substituents is 1. The van der Waals surface area contributed by atoms with E-state index in [2.05, 4.69) is 0 Å². The molecule has 0 fully saturated rings. The fraction of sp³-hybridized carbons (Fsp3) is 0.400. The first-order chi connectivity index (χ1) is 9.63. The Morgan fingerprint density at radius 2 is 2.20 bits per heavy atom. The Morgan fingerprint density at radius 3 is 2.90 bits per heavy atom. The smallest absolute Gasteiger partial charge is 0.305 e. The molecule has 5 nitrogen and oxygen atoms in total. The number of nitrogens with zero attached hydrogens (tertiary/aromatic N) is 1.